The Morgan fingerprint density at radius 3 is 2.53 bits per heavy atom. The number of halogens is 1. The summed E-state index contributed by atoms with van der Waals surface area (Å²) in [6.45, 7) is 2.86. The standard InChI is InChI=1S/C12H18INO2S/c1-3-14-12(8-9-17(2,15)16)10-6-4-5-7-11(10)13/h4-7,12,14H,3,8-9H2,1-2H3. The summed E-state index contributed by atoms with van der Waals surface area (Å²) in [5.41, 5.74) is 1.18. The fourth-order valence-electron chi connectivity index (χ4n) is 1.70. The van der Waals surface area contributed by atoms with Gasteiger partial charge in [-0.25, -0.2) is 8.42 Å². The molecule has 0 aromatic heterocycles. The molecule has 17 heavy (non-hydrogen) atoms. The Labute approximate surface area is 117 Å². The van der Waals surface area contributed by atoms with E-state index in [4.69, 9.17) is 0 Å². The van der Waals surface area contributed by atoms with Crippen LogP contribution in [0.25, 0.3) is 0 Å². The number of nitrogens with one attached hydrogen (secondary N) is 1. The Morgan fingerprint density at radius 1 is 1.35 bits per heavy atom. The van der Waals surface area contributed by atoms with Crippen LogP contribution in [0.1, 0.15) is 24.9 Å². The van der Waals surface area contributed by atoms with Gasteiger partial charge in [-0.3, -0.25) is 0 Å². The van der Waals surface area contributed by atoms with Gasteiger partial charge in [-0.15, -0.1) is 0 Å². The molecule has 1 rings (SSSR count). The second-order valence-corrected chi connectivity index (χ2v) is 7.47. The Kier molecular flexibility index (Phi) is 5.88. The number of sulfone groups is 1. The van der Waals surface area contributed by atoms with Crippen molar-refractivity contribution in [3.63, 3.8) is 0 Å². The predicted molar refractivity (Wildman–Crippen MR) is 79.9 cm³/mol. The Bertz CT molecular complexity index is 459. The average Bonchev–Trinajstić information content (AvgIpc) is 2.24. The van der Waals surface area contributed by atoms with Crippen molar-refractivity contribution >= 4 is 32.4 Å². The van der Waals surface area contributed by atoms with Gasteiger partial charge in [0.2, 0.25) is 0 Å². The molecule has 1 aromatic rings. The van der Waals surface area contributed by atoms with Crippen LogP contribution in [0.15, 0.2) is 24.3 Å². The second-order valence-electron chi connectivity index (χ2n) is 4.05. The molecule has 0 aliphatic heterocycles. The van der Waals surface area contributed by atoms with E-state index >= 15 is 0 Å². The minimum absolute atomic E-state index is 0.114. The van der Waals surface area contributed by atoms with Crippen molar-refractivity contribution < 1.29 is 8.42 Å². The molecular formula is C12H18INO2S. The number of rotatable bonds is 6. The van der Waals surface area contributed by atoms with Crippen LogP contribution in [0.4, 0.5) is 0 Å². The summed E-state index contributed by atoms with van der Waals surface area (Å²) in [6, 6.07) is 8.19. The van der Waals surface area contributed by atoms with Gasteiger partial charge in [-0.2, -0.15) is 0 Å². The number of hydrogen-bond acceptors (Lipinski definition) is 3. The molecule has 1 atom stereocenters. The molecular weight excluding hydrogens is 349 g/mol. The quantitative estimate of drug-likeness (QED) is 0.786. The molecule has 0 spiro atoms. The van der Waals surface area contributed by atoms with E-state index in [1.807, 2.05) is 25.1 Å². The van der Waals surface area contributed by atoms with Gasteiger partial charge in [0.15, 0.2) is 0 Å². The molecule has 0 heterocycles. The lowest BCUT2D eigenvalue weighted by molar-refractivity contribution is 0.528. The van der Waals surface area contributed by atoms with Crippen molar-refractivity contribution in [3.8, 4) is 0 Å². The third-order valence-electron chi connectivity index (χ3n) is 2.51. The highest BCUT2D eigenvalue weighted by Crippen LogP contribution is 2.22. The largest absolute Gasteiger partial charge is 0.310 e. The van der Waals surface area contributed by atoms with E-state index in [0.29, 0.717) is 6.42 Å². The lowest BCUT2D eigenvalue weighted by atomic mass is 10.0. The smallest absolute Gasteiger partial charge is 0.147 e. The zero-order valence-corrected chi connectivity index (χ0v) is 13.1. The van der Waals surface area contributed by atoms with E-state index in [1.54, 1.807) is 0 Å². The van der Waals surface area contributed by atoms with Crippen molar-refractivity contribution in [2.45, 2.75) is 19.4 Å². The molecule has 5 heteroatoms. The summed E-state index contributed by atoms with van der Waals surface area (Å²) in [7, 11) is -2.90. The van der Waals surface area contributed by atoms with Crippen LogP contribution in [-0.4, -0.2) is 27.0 Å². The van der Waals surface area contributed by atoms with E-state index in [9.17, 15) is 8.42 Å². The van der Waals surface area contributed by atoms with E-state index in [2.05, 4.69) is 34.0 Å². The summed E-state index contributed by atoms with van der Waals surface area (Å²) < 4.78 is 23.6. The van der Waals surface area contributed by atoms with Crippen LogP contribution in [-0.2, 0) is 9.84 Å². The lowest BCUT2D eigenvalue weighted by Crippen LogP contribution is -2.24. The first-order valence-corrected chi connectivity index (χ1v) is 8.73. The third-order valence-corrected chi connectivity index (χ3v) is 4.47. The van der Waals surface area contributed by atoms with Gasteiger partial charge in [0.05, 0.1) is 5.75 Å². The topological polar surface area (TPSA) is 46.2 Å². The maximum atomic E-state index is 11.2. The summed E-state index contributed by atoms with van der Waals surface area (Å²) >= 11 is 2.29. The molecule has 0 aliphatic rings. The van der Waals surface area contributed by atoms with Crippen LogP contribution < -0.4 is 5.32 Å². The SMILES string of the molecule is CCNC(CCS(C)(=O)=O)c1ccccc1I. The fourth-order valence-corrected chi connectivity index (χ4v) is 3.13. The molecule has 3 nitrogen and oxygen atoms in total. The lowest BCUT2D eigenvalue weighted by Gasteiger charge is -2.19. The molecule has 1 aromatic carbocycles. The first-order chi connectivity index (χ1) is 7.94. The Morgan fingerprint density at radius 2 is 2.00 bits per heavy atom. The molecule has 0 saturated heterocycles. The zero-order chi connectivity index (χ0) is 12.9. The molecule has 96 valence electrons. The van der Waals surface area contributed by atoms with Gasteiger partial charge < -0.3 is 5.32 Å². The molecule has 0 amide bonds. The third kappa shape index (κ3) is 5.35. The molecule has 0 fully saturated rings. The number of benzene rings is 1. The molecule has 1 N–H and O–H groups in total. The minimum Gasteiger partial charge on any atom is -0.310 e. The fraction of sp³-hybridized carbons (Fsp3) is 0.500. The minimum atomic E-state index is -2.90. The first kappa shape index (κ1) is 14.9. The van der Waals surface area contributed by atoms with E-state index < -0.39 is 9.84 Å². The molecule has 0 radical (unpaired) electrons. The maximum absolute atomic E-state index is 11.2. The van der Waals surface area contributed by atoms with Crippen molar-refractivity contribution in [1.82, 2.24) is 5.32 Å². The summed E-state index contributed by atoms with van der Waals surface area (Å²) in [6.07, 6.45) is 1.90. The van der Waals surface area contributed by atoms with Crippen molar-refractivity contribution in [2.75, 3.05) is 18.6 Å². The van der Waals surface area contributed by atoms with Crippen LogP contribution >= 0.6 is 22.6 Å². The summed E-state index contributed by atoms with van der Waals surface area (Å²) in [5.74, 6) is 0.218. The Hall–Kier alpha value is -0.140. The van der Waals surface area contributed by atoms with Crippen molar-refractivity contribution in [3.05, 3.63) is 33.4 Å². The van der Waals surface area contributed by atoms with Gasteiger partial charge in [0.25, 0.3) is 0 Å². The molecule has 0 aliphatic carbocycles. The van der Waals surface area contributed by atoms with Gasteiger partial charge >= 0.3 is 0 Å². The zero-order valence-electron chi connectivity index (χ0n) is 10.1. The van der Waals surface area contributed by atoms with Gasteiger partial charge in [-0.1, -0.05) is 25.1 Å². The highest BCUT2D eigenvalue weighted by Gasteiger charge is 2.15. The van der Waals surface area contributed by atoms with Crippen LogP contribution in [0, 0.1) is 3.57 Å². The summed E-state index contributed by atoms with van der Waals surface area (Å²) in [4.78, 5) is 0. The molecule has 0 saturated carbocycles. The Balaban J connectivity index is 2.82. The summed E-state index contributed by atoms with van der Waals surface area (Å²) in [5, 5.41) is 3.34. The van der Waals surface area contributed by atoms with E-state index in [-0.39, 0.29) is 11.8 Å². The van der Waals surface area contributed by atoms with Crippen molar-refractivity contribution in [1.29, 1.82) is 0 Å². The number of hydrogen-bond donors (Lipinski definition) is 1. The monoisotopic (exact) mass is 367 g/mol. The van der Waals surface area contributed by atoms with Gasteiger partial charge in [-0.05, 0) is 47.2 Å². The molecule has 0 bridgehead atoms. The average molecular weight is 367 g/mol. The predicted octanol–water partition coefficient (Wildman–Crippen LogP) is 2.38. The maximum Gasteiger partial charge on any atom is 0.147 e. The second kappa shape index (κ2) is 6.70. The highest BCUT2D eigenvalue weighted by atomic mass is 127. The van der Waals surface area contributed by atoms with Gasteiger partial charge in [0.1, 0.15) is 9.84 Å². The van der Waals surface area contributed by atoms with Gasteiger partial charge in [0, 0.05) is 15.9 Å². The first-order valence-electron chi connectivity index (χ1n) is 5.59. The molecule has 1 unspecified atom stereocenters. The van der Waals surface area contributed by atoms with Crippen LogP contribution in [0.3, 0.4) is 0 Å². The van der Waals surface area contributed by atoms with E-state index in [1.165, 1.54) is 15.4 Å². The van der Waals surface area contributed by atoms with Crippen molar-refractivity contribution in [2.24, 2.45) is 0 Å². The van der Waals surface area contributed by atoms with Crippen LogP contribution in [0.2, 0.25) is 0 Å². The van der Waals surface area contributed by atoms with E-state index in [0.717, 1.165) is 6.54 Å². The highest BCUT2D eigenvalue weighted by molar-refractivity contribution is 14.1. The van der Waals surface area contributed by atoms with Crippen LogP contribution in [0.5, 0.6) is 0 Å². The normalized spacial score (nSPS) is 13.6.